The average Bonchev–Trinajstić information content (AvgIpc) is 2.61. The molecule has 3 N–H and O–H groups in total. The first-order valence-corrected chi connectivity index (χ1v) is 8.23. The molecule has 0 aromatic heterocycles. The van der Waals surface area contributed by atoms with E-state index in [2.05, 4.69) is 24.4 Å². The lowest BCUT2D eigenvalue weighted by atomic mass is 9.71. The number of hydrogen-bond donors (Lipinski definition) is 2. The van der Waals surface area contributed by atoms with Crippen molar-refractivity contribution in [2.24, 2.45) is 5.73 Å². The van der Waals surface area contributed by atoms with Gasteiger partial charge in [0.15, 0.2) is 0 Å². The molecular formula is C20H22N2O2. The number of nitrogens with two attached hydrogens (primary N) is 1. The molecule has 4 heteroatoms. The summed E-state index contributed by atoms with van der Waals surface area (Å²) in [5.41, 5.74) is 9.61. The fourth-order valence-electron chi connectivity index (χ4n) is 3.59. The SMILES string of the molecule is CCc1ccccc1C1CC(C)(C(N)=O)c2cc(C=O)ccc2N1. The maximum Gasteiger partial charge on any atom is 0.227 e. The van der Waals surface area contributed by atoms with Crippen LogP contribution >= 0.6 is 0 Å². The van der Waals surface area contributed by atoms with Gasteiger partial charge in [-0.05, 0) is 54.7 Å². The molecule has 2 aromatic rings. The summed E-state index contributed by atoms with van der Waals surface area (Å²) in [6, 6.07) is 13.7. The Kier molecular flexibility index (Phi) is 4.14. The molecule has 0 aliphatic carbocycles. The second kappa shape index (κ2) is 6.11. The number of anilines is 1. The molecule has 0 saturated heterocycles. The summed E-state index contributed by atoms with van der Waals surface area (Å²) in [6.45, 7) is 3.99. The van der Waals surface area contributed by atoms with Gasteiger partial charge in [0, 0.05) is 11.3 Å². The van der Waals surface area contributed by atoms with Crippen molar-refractivity contribution in [2.45, 2.75) is 38.1 Å². The third-order valence-electron chi connectivity index (χ3n) is 5.07. The van der Waals surface area contributed by atoms with Crippen LogP contribution in [0.1, 0.15) is 53.4 Å². The summed E-state index contributed by atoms with van der Waals surface area (Å²) in [6.07, 6.45) is 2.29. The van der Waals surface area contributed by atoms with Crippen LogP contribution in [0.4, 0.5) is 5.69 Å². The molecule has 124 valence electrons. The number of hydrogen-bond acceptors (Lipinski definition) is 3. The zero-order chi connectivity index (χ0) is 17.3. The Balaban J connectivity index is 2.12. The van der Waals surface area contributed by atoms with E-state index in [0.29, 0.717) is 12.0 Å². The first kappa shape index (κ1) is 16.2. The predicted octanol–water partition coefficient (Wildman–Crippen LogP) is 3.36. The number of aryl methyl sites for hydroxylation is 1. The number of nitrogens with one attached hydrogen (secondary N) is 1. The maximum atomic E-state index is 12.3. The van der Waals surface area contributed by atoms with Gasteiger partial charge in [0.05, 0.1) is 11.5 Å². The summed E-state index contributed by atoms with van der Waals surface area (Å²) < 4.78 is 0. The summed E-state index contributed by atoms with van der Waals surface area (Å²) in [5, 5.41) is 3.53. The maximum absolute atomic E-state index is 12.3. The van der Waals surface area contributed by atoms with Gasteiger partial charge in [-0.15, -0.1) is 0 Å². The van der Waals surface area contributed by atoms with E-state index in [0.717, 1.165) is 24.0 Å². The number of benzene rings is 2. The van der Waals surface area contributed by atoms with Crippen LogP contribution in [-0.2, 0) is 16.6 Å². The van der Waals surface area contributed by atoms with E-state index in [-0.39, 0.29) is 11.9 Å². The Bertz CT molecular complexity index is 800. The first-order valence-electron chi connectivity index (χ1n) is 8.23. The van der Waals surface area contributed by atoms with Crippen LogP contribution in [0.2, 0.25) is 0 Å². The van der Waals surface area contributed by atoms with E-state index >= 15 is 0 Å². The van der Waals surface area contributed by atoms with Crippen molar-refractivity contribution >= 4 is 17.9 Å². The Hall–Kier alpha value is -2.62. The van der Waals surface area contributed by atoms with Gasteiger partial charge in [0.2, 0.25) is 5.91 Å². The van der Waals surface area contributed by atoms with Crippen LogP contribution < -0.4 is 11.1 Å². The number of amides is 1. The van der Waals surface area contributed by atoms with Gasteiger partial charge in [-0.1, -0.05) is 31.2 Å². The Morgan fingerprint density at radius 1 is 1.33 bits per heavy atom. The van der Waals surface area contributed by atoms with E-state index in [4.69, 9.17) is 5.73 Å². The van der Waals surface area contributed by atoms with E-state index in [9.17, 15) is 9.59 Å². The summed E-state index contributed by atoms with van der Waals surface area (Å²) in [5.74, 6) is -0.368. The fraction of sp³-hybridized carbons (Fsp3) is 0.300. The second-order valence-corrected chi connectivity index (χ2v) is 6.57. The van der Waals surface area contributed by atoms with Gasteiger partial charge in [0.1, 0.15) is 6.29 Å². The van der Waals surface area contributed by atoms with Gasteiger partial charge in [-0.2, -0.15) is 0 Å². The smallest absolute Gasteiger partial charge is 0.227 e. The number of fused-ring (bicyclic) bond motifs is 1. The molecule has 24 heavy (non-hydrogen) atoms. The molecular weight excluding hydrogens is 300 g/mol. The zero-order valence-electron chi connectivity index (χ0n) is 14.0. The van der Waals surface area contributed by atoms with Crippen molar-refractivity contribution in [3.8, 4) is 0 Å². The van der Waals surface area contributed by atoms with Gasteiger partial charge < -0.3 is 11.1 Å². The van der Waals surface area contributed by atoms with Crippen molar-refractivity contribution in [1.29, 1.82) is 0 Å². The van der Waals surface area contributed by atoms with E-state index in [1.54, 1.807) is 12.1 Å². The monoisotopic (exact) mass is 322 g/mol. The molecule has 2 atom stereocenters. The second-order valence-electron chi connectivity index (χ2n) is 6.57. The van der Waals surface area contributed by atoms with E-state index in [1.165, 1.54) is 11.1 Å². The largest absolute Gasteiger partial charge is 0.378 e. The molecule has 1 aliphatic heterocycles. The van der Waals surface area contributed by atoms with Crippen LogP contribution in [-0.4, -0.2) is 12.2 Å². The Morgan fingerprint density at radius 3 is 2.75 bits per heavy atom. The van der Waals surface area contributed by atoms with Crippen LogP contribution in [0.5, 0.6) is 0 Å². The molecule has 4 nitrogen and oxygen atoms in total. The van der Waals surface area contributed by atoms with Gasteiger partial charge in [0.25, 0.3) is 0 Å². The number of primary amides is 1. The molecule has 0 spiro atoms. The molecule has 1 heterocycles. The minimum absolute atomic E-state index is 0.00762. The van der Waals surface area contributed by atoms with E-state index < -0.39 is 5.41 Å². The molecule has 1 aliphatic rings. The summed E-state index contributed by atoms with van der Waals surface area (Å²) >= 11 is 0. The van der Waals surface area contributed by atoms with Crippen molar-refractivity contribution in [1.82, 2.24) is 0 Å². The summed E-state index contributed by atoms with van der Waals surface area (Å²) in [4.78, 5) is 23.4. The molecule has 1 amide bonds. The highest BCUT2D eigenvalue weighted by atomic mass is 16.1. The quantitative estimate of drug-likeness (QED) is 0.848. The van der Waals surface area contributed by atoms with Crippen molar-refractivity contribution in [3.05, 3.63) is 64.7 Å². The third kappa shape index (κ3) is 2.58. The minimum atomic E-state index is -0.814. The fourth-order valence-corrected chi connectivity index (χ4v) is 3.59. The highest BCUT2D eigenvalue weighted by Crippen LogP contribution is 2.45. The number of carbonyl (C=O) groups excluding carboxylic acids is 2. The predicted molar refractivity (Wildman–Crippen MR) is 95.2 cm³/mol. The van der Waals surface area contributed by atoms with Gasteiger partial charge in [-0.25, -0.2) is 0 Å². The topological polar surface area (TPSA) is 72.2 Å². The Morgan fingerprint density at radius 2 is 2.08 bits per heavy atom. The van der Waals surface area contributed by atoms with Crippen molar-refractivity contribution < 1.29 is 9.59 Å². The number of rotatable bonds is 4. The van der Waals surface area contributed by atoms with Crippen LogP contribution in [0.25, 0.3) is 0 Å². The molecule has 3 rings (SSSR count). The van der Waals surface area contributed by atoms with Crippen LogP contribution in [0.3, 0.4) is 0 Å². The van der Waals surface area contributed by atoms with Gasteiger partial charge >= 0.3 is 0 Å². The van der Waals surface area contributed by atoms with Crippen molar-refractivity contribution in [3.63, 3.8) is 0 Å². The normalized spacial score (nSPS) is 22.3. The van der Waals surface area contributed by atoms with Crippen LogP contribution in [0.15, 0.2) is 42.5 Å². The molecule has 0 radical (unpaired) electrons. The highest BCUT2D eigenvalue weighted by Gasteiger charge is 2.42. The lowest BCUT2D eigenvalue weighted by Gasteiger charge is -2.39. The van der Waals surface area contributed by atoms with Gasteiger partial charge in [-0.3, -0.25) is 9.59 Å². The average molecular weight is 322 g/mol. The number of aldehydes is 1. The summed E-state index contributed by atoms with van der Waals surface area (Å²) in [7, 11) is 0. The highest BCUT2D eigenvalue weighted by molar-refractivity contribution is 5.90. The molecule has 2 unspecified atom stereocenters. The standard InChI is InChI=1S/C20H22N2O2/c1-3-14-6-4-5-7-15(14)18-11-20(2,19(21)24)16-10-13(12-23)8-9-17(16)22-18/h4-10,12,18,22H,3,11H2,1-2H3,(H2,21,24). The van der Waals surface area contributed by atoms with Crippen molar-refractivity contribution in [2.75, 3.05) is 5.32 Å². The first-order chi connectivity index (χ1) is 11.5. The zero-order valence-corrected chi connectivity index (χ0v) is 14.0. The number of carbonyl (C=O) groups is 2. The lowest BCUT2D eigenvalue weighted by Crippen LogP contribution is -2.44. The molecule has 2 aromatic carbocycles. The molecule has 0 saturated carbocycles. The van der Waals surface area contributed by atoms with Crippen LogP contribution in [0, 0.1) is 0 Å². The minimum Gasteiger partial charge on any atom is -0.378 e. The molecule has 0 fully saturated rings. The lowest BCUT2D eigenvalue weighted by molar-refractivity contribution is -0.123. The third-order valence-corrected chi connectivity index (χ3v) is 5.07. The van der Waals surface area contributed by atoms with E-state index in [1.807, 2.05) is 25.1 Å². The molecule has 0 bridgehead atoms. The Labute approximate surface area is 142 Å².